The van der Waals surface area contributed by atoms with Crippen molar-refractivity contribution in [3.05, 3.63) is 35.4 Å². The highest BCUT2D eigenvalue weighted by molar-refractivity contribution is 6.35. The Balaban J connectivity index is 1.99. The minimum absolute atomic E-state index is 0.00642. The molecular formula is C11H10ClF2N5O. The lowest BCUT2D eigenvalue weighted by Gasteiger charge is -2.08. The van der Waals surface area contributed by atoms with Gasteiger partial charge >= 0.3 is 6.61 Å². The molecule has 0 radical (unpaired) electrons. The van der Waals surface area contributed by atoms with E-state index in [1.807, 2.05) is 0 Å². The van der Waals surface area contributed by atoms with E-state index in [0.717, 1.165) is 0 Å². The summed E-state index contributed by atoms with van der Waals surface area (Å²) >= 11 is 5.91. The molecule has 2 heterocycles. The lowest BCUT2D eigenvalue weighted by molar-refractivity contribution is -0.0500. The van der Waals surface area contributed by atoms with E-state index in [2.05, 4.69) is 25.0 Å². The number of nitrogen functional groups attached to an aromatic ring is 1. The minimum Gasteiger partial charge on any atom is -0.433 e. The predicted molar refractivity (Wildman–Crippen MR) is 69.7 cm³/mol. The number of anilines is 2. The van der Waals surface area contributed by atoms with E-state index in [9.17, 15) is 8.78 Å². The van der Waals surface area contributed by atoms with Crippen molar-refractivity contribution in [2.45, 2.75) is 13.2 Å². The topological polar surface area (TPSA) is 86.0 Å². The fraction of sp³-hybridized carbons (Fsp3) is 0.182. The summed E-state index contributed by atoms with van der Waals surface area (Å²) in [4.78, 5) is 11.6. The zero-order valence-electron chi connectivity index (χ0n) is 10.1. The number of alkyl halides is 2. The molecule has 0 aliphatic rings. The summed E-state index contributed by atoms with van der Waals surface area (Å²) in [5.74, 6) is 0.528. The summed E-state index contributed by atoms with van der Waals surface area (Å²) in [5.41, 5.74) is 6.13. The maximum absolute atomic E-state index is 12.0. The van der Waals surface area contributed by atoms with Gasteiger partial charge < -0.3 is 15.8 Å². The SMILES string of the molecule is Nc1ncnc(NCc2ccc(OC(F)F)cn2)c1Cl. The van der Waals surface area contributed by atoms with Crippen molar-refractivity contribution in [3.63, 3.8) is 0 Å². The molecule has 106 valence electrons. The highest BCUT2D eigenvalue weighted by Gasteiger charge is 2.07. The molecule has 0 aromatic carbocycles. The number of halogens is 3. The third kappa shape index (κ3) is 3.64. The van der Waals surface area contributed by atoms with Crippen LogP contribution in [0.4, 0.5) is 20.4 Å². The largest absolute Gasteiger partial charge is 0.433 e. The predicted octanol–water partition coefficient (Wildman–Crippen LogP) is 2.32. The van der Waals surface area contributed by atoms with Crippen LogP contribution in [0.25, 0.3) is 0 Å². The molecule has 3 N–H and O–H groups in total. The molecule has 20 heavy (non-hydrogen) atoms. The lowest BCUT2D eigenvalue weighted by Crippen LogP contribution is -2.06. The van der Waals surface area contributed by atoms with E-state index in [4.69, 9.17) is 17.3 Å². The molecule has 0 amide bonds. The second-order valence-corrected chi connectivity index (χ2v) is 4.02. The Hall–Kier alpha value is -2.22. The number of pyridine rings is 1. The number of nitrogens with two attached hydrogens (primary N) is 1. The molecule has 0 saturated carbocycles. The Morgan fingerprint density at radius 1 is 1.30 bits per heavy atom. The van der Waals surface area contributed by atoms with Crippen molar-refractivity contribution < 1.29 is 13.5 Å². The van der Waals surface area contributed by atoms with Gasteiger partial charge in [-0.15, -0.1) is 0 Å². The van der Waals surface area contributed by atoms with Crippen molar-refractivity contribution in [1.82, 2.24) is 15.0 Å². The summed E-state index contributed by atoms with van der Waals surface area (Å²) in [6, 6.07) is 2.94. The van der Waals surface area contributed by atoms with Gasteiger partial charge in [0.15, 0.2) is 5.82 Å². The fourth-order valence-corrected chi connectivity index (χ4v) is 1.53. The molecular weight excluding hydrogens is 292 g/mol. The van der Waals surface area contributed by atoms with Gasteiger partial charge in [0.05, 0.1) is 18.4 Å². The molecule has 0 fully saturated rings. The van der Waals surface area contributed by atoms with E-state index in [-0.39, 0.29) is 16.6 Å². The van der Waals surface area contributed by atoms with Crippen molar-refractivity contribution in [2.75, 3.05) is 11.1 Å². The minimum atomic E-state index is -2.87. The molecule has 0 aliphatic heterocycles. The van der Waals surface area contributed by atoms with Crippen LogP contribution < -0.4 is 15.8 Å². The van der Waals surface area contributed by atoms with Crippen LogP contribution in [0.2, 0.25) is 5.02 Å². The molecule has 2 aromatic heterocycles. The average Bonchev–Trinajstić information content (AvgIpc) is 2.41. The smallest absolute Gasteiger partial charge is 0.387 e. The molecule has 2 aromatic rings. The third-order valence-electron chi connectivity index (χ3n) is 2.28. The van der Waals surface area contributed by atoms with Crippen LogP contribution in [0.5, 0.6) is 5.75 Å². The van der Waals surface area contributed by atoms with Crippen molar-refractivity contribution in [1.29, 1.82) is 0 Å². The standard InChI is InChI=1S/C11H10ClF2N5O/c12-8-9(15)18-5-19-10(8)17-3-6-1-2-7(4-16-6)20-11(13)14/h1-2,4-5,11H,3H2,(H3,15,17,18,19). The Morgan fingerprint density at radius 2 is 2.10 bits per heavy atom. The Labute approximate surface area is 118 Å². The van der Waals surface area contributed by atoms with Crippen LogP contribution in [-0.2, 0) is 6.54 Å². The van der Waals surface area contributed by atoms with Crippen LogP contribution in [0, 0.1) is 0 Å². The first-order valence-corrected chi connectivity index (χ1v) is 5.83. The Bertz CT molecular complexity index is 582. The number of hydrogen-bond donors (Lipinski definition) is 2. The van der Waals surface area contributed by atoms with E-state index in [1.54, 1.807) is 6.07 Å². The normalized spacial score (nSPS) is 10.6. The zero-order chi connectivity index (χ0) is 14.5. The van der Waals surface area contributed by atoms with Gasteiger partial charge in [-0.05, 0) is 12.1 Å². The number of hydrogen-bond acceptors (Lipinski definition) is 6. The van der Waals surface area contributed by atoms with Crippen LogP contribution in [0.1, 0.15) is 5.69 Å². The Kier molecular flexibility index (Phi) is 4.46. The third-order valence-corrected chi connectivity index (χ3v) is 2.65. The number of aromatic nitrogens is 3. The highest BCUT2D eigenvalue weighted by atomic mass is 35.5. The molecule has 6 nitrogen and oxygen atoms in total. The zero-order valence-corrected chi connectivity index (χ0v) is 10.8. The molecule has 0 bridgehead atoms. The first kappa shape index (κ1) is 14.2. The maximum Gasteiger partial charge on any atom is 0.387 e. The fourth-order valence-electron chi connectivity index (χ4n) is 1.37. The van der Waals surface area contributed by atoms with Crippen molar-refractivity contribution >= 4 is 23.2 Å². The summed E-state index contributed by atoms with van der Waals surface area (Å²) in [6.45, 7) is -2.57. The lowest BCUT2D eigenvalue weighted by atomic mass is 10.3. The average molecular weight is 302 g/mol. The molecule has 0 aliphatic carbocycles. The van der Waals surface area contributed by atoms with Crippen LogP contribution >= 0.6 is 11.6 Å². The van der Waals surface area contributed by atoms with Gasteiger partial charge in [-0.2, -0.15) is 8.78 Å². The van der Waals surface area contributed by atoms with Gasteiger partial charge in [0, 0.05) is 0 Å². The first-order valence-electron chi connectivity index (χ1n) is 5.46. The van der Waals surface area contributed by atoms with E-state index < -0.39 is 6.61 Å². The molecule has 9 heteroatoms. The summed E-state index contributed by atoms with van der Waals surface area (Å²) < 4.78 is 28.1. The van der Waals surface area contributed by atoms with Crippen molar-refractivity contribution in [2.24, 2.45) is 0 Å². The van der Waals surface area contributed by atoms with Crippen LogP contribution in [0.3, 0.4) is 0 Å². The van der Waals surface area contributed by atoms with E-state index >= 15 is 0 Å². The highest BCUT2D eigenvalue weighted by Crippen LogP contribution is 2.23. The second-order valence-electron chi connectivity index (χ2n) is 3.64. The Morgan fingerprint density at radius 3 is 2.75 bits per heavy atom. The first-order chi connectivity index (χ1) is 9.56. The molecule has 0 atom stereocenters. The molecule has 2 rings (SSSR count). The second kappa shape index (κ2) is 6.29. The summed E-state index contributed by atoms with van der Waals surface area (Å²) in [7, 11) is 0. The van der Waals surface area contributed by atoms with Crippen LogP contribution in [-0.4, -0.2) is 21.6 Å². The van der Waals surface area contributed by atoms with Gasteiger partial charge in [-0.3, -0.25) is 4.98 Å². The molecule has 0 unspecified atom stereocenters. The molecule has 0 spiro atoms. The van der Waals surface area contributed by atoms with Gasteiger partial charge in [0.1, 0.15) is 22.9 Å². The van der Waals surface area contributed by atoms with Gasteiger partial charge in [0.2, 0.25) is 0 Å². The number of nitrogens with one attached hydrogen (secondary N) is 1. The van der Waals surface area contributed by atoms with Gasteiger partial charge in [0.25, 0.3) is 0 Å². The summed E-state index contributed by atoms with van der Waals surface area (Å²) in [6.07, 6.45) is 2.48. The molecule has 0 saturated heterocycles. The monoisotopic (exact) mass is 301 g/mol. The summed E-state index contributed by atoms with van der Waals surface area (Å²) in [5, 5.41) is 3.13. The maximum atomic E-state index is 12.0. The number of nitrogens with zero attached hydrogens (tertiary/aromatic N) is 3. The van der Waals surface area contributed by atoms with Crippen LogP contribution in [0.15, 0.2) is 24.7 Å². The van der Waals surface area contributed by atoms with Gasteiger partial charge in [-0.25, -0.2) is 9.97 Å². The number of ether oxygens (including phenoxy) is 1. The van der Waals surface area contributed by atoms with Crippen molar-refractivity contribution in [3.8, 4) is 5.75 Å². The quantitative estimate of drug-likeness (QED) is 0.881. The van der Waals surface area contributed by atoms with Gasteiger partial charge in [-0.1, -0.05) is 11.6 Å². The van der Waals surface area contributed by atoms with E-state index in [0.29, 0.717) is 18.1 Å². The van der Waals surface area contributed by atoms with E-state index in [1.165, 1.54) is 18.6 Å². The number of rotatable bonds is 5.